The first kappa shape index (κ1) is 15.4. The van der Waals surface area contributed by atoms with Crippen LogP contribution >= 0.6 is 11.3 Å². The second kappa shape index (κ2) is 6.34. The Morgan fingerprint density at radius 1 is 1.00 bits per heavy atom. The molecule has 0 aliphatic heterocycles. The Morgan fingerprint density at radius 2 is 1.65 bits per heavy atom. The van der Waals surface area contributed by atoms with Crippen molar-refractivity contribution in [1.82, 2.24) is 4.98 Å². The van der Waals surface area contributed by atoms with Crippen molar-refractivity contribution >= 4 is 28.1 Å². The van der Waals surface area contributed by atoms with Gasteiger partial charge in [0.1, 0.15) is 0 Å². The van der Waals surface area contributed by atoms with Crippen molar-refractivity contribution in [2.75, 3.05) is 4.90 Å². The fraction of sp³-hybridized carbons (Fsp3) is 0.158. The molecule has 0 unspecified atom stereocenters. The lowest BCUT2D eigenvalue weighted by molar-refractivity contribution is 0.0999. The van der Waals surface area contributed by atoms with E-state index in [2.05, 4.69) is 11.1 Å². The van der Waals surface area contributed by atoms with E-state index in [4.69, 9.17) is 0 Å². The van der Waals surface area contributed by atoms with E-state index < -0.39 is 0 Å². The average Bonchev–Trinajstić information content (AvgIpc) is 2.93. The van der Waals surface area contributed by atoms with Gasteiger partial charge in [0.25, 0.3) is 5.91 Å². The first-order chi connectivity index (χ1) is 11.0. The number of carbonyl (C=O) groups is 1. The number of thiazole rings is 1. The molecule has 0 spiro atoms. The molecule has 1 aromatic heterocycles. The lowest BCUT2D eigenvalue weighted by atomic mass is 10.1. The summed E-state index contributed by atoms with van der Waals surface area (Å²) in [5.41, 5.74) is 4.58. The molecule has 0 radical (unpaired) electrons. The molecular formula is C19H18N2OS. The van der Waals surface area contributed by atoms with E-state index >= 15 is 0 Å². The van der Waals surface area contributed by atoms with Crippen LogP contribution in [0.1, 0.15) is 27.2 Å². The third-order valence-corrected chi connectivity index (χ3v) is 4.43. The van der Waals surface area contributed by atoms with Crippen molar-refractivity contribution in [3.05, 3.63) is 76.3 Å². The van der Waals surface area contributed by atoms with Crippen LogP contribution in [0, 0.1) is 20.8 Å². The fourth-order valence-electron chi connectivity index (χ4n) is 2.56. The first-order valence-corrected chi connectivity index (χ1v) is 8.32. The van der Waals surface area contributed by atoms with E-state index in [0.717, 1.165) is 22.5 Å². The molecule has 0 atom stereocenters. The minimum atomic E-state index is -0.0580. The van der Waals surface area contributed by atoms with Crippen molar-refractivity contribution in [3.8, 4) is 0 Å². The molecule has 0 aliphatic rings. The molecule has 0 saturated carbocycles. The summed E-state index contributed by atoms with van der Waals surface area (Å²) in [4.78, 5) is 19.3. The normalized spacial score (nSPS) is 10.6. The summed E-state index contributed by atoms with van der Waals surface area (Å²) in [5.74, 6) is -0.0580. The number of rotatable bonds is 3. The minimum Gasteiger partial charge on any atom is -0.268 e. The monoisotopic (exact) mass is 322 g/mol. The summed E-state index contributed by atoms with van der Waals surface area (Å²) in [7, 11) is 0. The van der Waals surface area contributed by atoms with Crippen LogP contribution in [-0.4, -0.2) is 10.9 Å². The van der Waals surface area contributed by atoms with Crippen LogP contribution in [0.25, 0.3) is 0 Å². The third kappa shape index (κ3) is 3.32. The topological polar surface area (TPSA) is 33.2 Å². The molecule has 23 heavy (non-hydrogen) atoms. The number of carbonyl (C=O) groups excluding carboxylic acids is 1. The van der Waals surface area contributed by atoms with Gasteiger partial charge in [0.15, 0.2) is 5.13 Å². The van der Waals surface area contributed by atoms with Gasteiger partial charge in [0.2, 0.25) is 0 Å². The molecule has 0 bridgehead atoms. The molecule has 0 aliphatic carbocycles. The van der Waals surface area contributed by atoms with Gasteiger partial charge >= 0.3 is 0 Å². The lowest BCUT2D eigenvalue weighted by Crippen LogP contribution is -2.26. The highest BCUT2D eigenvalue weighted by atomic mass is 32.1. The number of benzene rings is 2. The molecule has 4 heteroatoms. The lowest BCUT2D eigenvalue weighted by Gasteiger charge is -2.20. The van der Waals surface area contributed by atoms with Gasteiger partial charge in [0, 0.05) is 10.9 Å². The standard InChI is InChI=1S/C19H18N2OS/c1-13-9-14(2)11-16(10-13)18(22)21(17-7-5-4-6-8-17)19-20-15(3)12-23-19/h4-12H,1-3H3. The Bertz CT molecular complexity index is 819. The number of hydrogen-bond donors (Lipinski definition) is 0. The zero-order chi connectivity index (χ0) is 16.4. The van der Waals surface area contributed by atoms with Crippen LogP contribution in [-0.2, 0) is 0 Å². The van der Waals surface area contributed by atoms with Crippen molar-refractivity contribution in [1.29, 1.82) is 0 Å². The molecule has 116 valence electrons. The summed E-state index contributed by atoms with van der Waals surface area (Å²) in [5, 5.41) is 2.65. The molecule has 3 aromatic rings. The van der Waals surface area contributed by atoms with E-state index in [1.54, 1.807) is 4.90 Å². The van der Waals surface area contributed by atoms with Gasteiger partial charge in [-0.1, -0.05) is 35.4 Å². The van der Waals surface area contributed by atoms with Gasteiger partial charge < -0.3 is 0 Å². The van der Waals surface area contributed by atoms with Crippen LogP contribution in [0.3, 0.4) is 0 Å². The van der Waals surface area contributed by atoms with E-state index in [0.29, 0.717) is 10.7 Å². The predicted molar refractivity (Wildman–Crippen MR) is 95.7 cm³/mol. The third-order valence-electron chi connectivity index (χ3n) is 3.48. The van der Waals surface area contributed by atoms with Crippen LogP contribution in [0.4, 0.5) is 10.8 Å². The molecule has 3 nitrogen and oxygen atoms in total. The Morgan fingerprint density at radius 3 is 2.22 bits per heavy atom. The van der Waals surface area contributed by atoms with Crippen LogP contribution in [0.5, 0.6) is 0 Å². The van der Waals surface area contributed by atoms with Crippen molar-refractivity contribution in [2.45, 2.75) is 20.8 Å². The summed E-state index contributed by atoms with van der Waals surface area (Å²) >= 11 is 1.48. The van der Waals surface area contributed by atoms with Gasteiger partial charge in [0.05, 0.1) is 11.4 Å². The largest absolute Gasteiger partial charge is 0.268 e. The van der Waals surface area contributed by atoms with Crippen LogP contribution in [0.2, 0.25) is 0 Å². The molecule has 3 rings (SSSR count). The molecule has 2 aromatic carbocycles. The second-order valence-corrected chi connectivity index (χ2v) is 6.46. The Labute approximate surface area is 140 Å². The quantitative estimate of drug-likeness (QED) is 0.676. The Kier molecular flexibility index (Phi) is 4.26. The highest BCUT2D eigenvalue weighted by molar-refractivity contribution is 7.14. The Balaban J connectivity index is 2.09. The average molecular weight is 322 g/mol. The Hall–Kier alpha value is -2.46. The zero-order valence-electron chi connectivity index (χ0n) is 13.4. The van der Waals surface area contributed by atoms with Gasteiger partial charge in [-0.2, -0.15) is 0 Å². The van der Waals surface area contributed by atoms with Gasteiger partial charge in [-0.15, -0.1) is 11.3 Å². The van der Waals surface area contributed by atoms with E-state index in [-0.39, 0.29) is 5.91 Å². The van der Waals surface area contributed by atoms with E-state index in [9.17, 15) is 4.79 Å². The second-order valence-electron chi connectivity index (χ2n) is 5.62. The van der Waals surface area contributed by atoms with Gasteiger partial charge in [-0.05, 0) is 45.0 Å². The number of hydrogen-bond acceptors (Lipinski definition) is 3. The maximum absolute atomic E-state index is 13.2. The highest BCUT2D eigenvalue weighted by Crippen LogP contribution is 2.30. The number of nitrogens with zero attached hydrogens (tertiary/aromatic N) is 2. The molecule has 0 fully saturated rings. The van der Waals surface area contributed by atoms with Crippen molar-refractivity contribution < 1.29 is 4.79 Å². The van der Waals surface area contributed by atoms with Crippen molar-refractivity contribution in [3.63, 3.8) is 0 Å². The SMILES string of the molecule is Cc1cc(C)cc(C(=O)N(c2ccccc2)c2nc(C)cs2)c1. The highest BCUT2D eigenvalue weighted by Gasteiger charge is 2.22. The minimum absolute atomic E-state index is 0.0580. The van der Waals surface area contributed by atoms with Gasteiger partial charge in [-0.25, -0.2) is 4.98 Å². The van der Waals surface area contributed by atoms with Crippen molar-refractivity contribution in [2.24, 2.45) is 0 Å². The number of amides is 1. The zero-order valence-corrected chi connectivity index (χ0v) is 14.2. The smallest absolute Gasteiger partial charge is 0.264 e. The number of para-hydroxylation sites is 1. The molecule has 1 heterocycles. The van der Waals surface area contributed by atoms with E-state index in [1.165, 1.54) is 11.3 Å². The summed E-state index contributed by atoms with van der Waals surface area (Å²) in [6.07, 6.45) is 0. The first-order valence-electron chi connectivity index (χ1n) is 7.44. The fourth-order valence-corrected chi connectivity index (χ4v) is 3.38. The summed E-state index contributed by atoms with van der Waals surface area (Å²) in [6, 6.07) is 15.6. The molecule has 0 saturated heterocycles. The predicted octanol–water partition coefficient (Wildman–Crippen LogP) is 5.05. The van der Waals surface area contributed by atoms with E-state index in [1.807, 2.05) is 68.6 Å². The summed E-state index contributed by atoms with van der Waals surface area (Å²) < 4.78 is 0. The maximum Gasteiger partial charge on any atom is 0.264 e. The molecular weight excluding hydrogens is 304 g/mol. The maximum atomic E-state index is 13.2. The number of aromatic nitrogens is 1. The summed E-state index contributed by atoms with van der Waals surface area (Å²) in [6.45, 7) is 5.94. The molecule has 1 amide bonds. The van der Waals surface area contributed by atoms with Crippen LogP contribution in [0.15, 0.2) is 53.9 Å². The van der Waals surface area contributed by atoms with Crippen LogP contribution < -0.4 is 4.90 Å². The van der Waals surface area contributed by atoms with Gasteiger partial charge in [-0.3, -0.25) is 9.69 Å². The molecule has 0 N–H and O–H groups in total. The number of anilines is 2. The number of aryl methyl sites for hydroxylation is 3.